The van der Waals surface area contributed by atoms with Crippen LogP contribution in [0.25, 0.3) is 11.0 Å². The van der Waals surface area contributed by atoms with Crippen LogP contribution in [0.4, 0.5) is 0 Å². The van der Waals surface area contributed by atoms with Gasteiger partial charge in [-0.25, -0.2) is 4.98 Å². The Morgan fingerprint density at radius 2 is 2.05 bits per heavy atom. The first-order valence-corrected chi connectivity index (χ1v) is 8.81. The fraction of sp³-hybridized carbons (Fsp3) is 0.562. The second-order valence-electron chi connectivity index (χ2n) is 5.25. The van der Waals surface area contributed by atoms with Gasteiger partial charge in [-0.1, -0.05) is 29.8 Å². The number of fused-ring (bicyclic) bond motifs is 1. The Hall–Kier alpha value is -0.580. The lowest BCUT2D eigenvalue weighted by molar-refractivity contribution is 0.293. The Bertz CT molecular complexity index is 590. The lowest BCUT2D eigenvalue weighted by atomic mass is 10.3. The number of hydrogen-bond acceptors (Lipinski definition) is 2. The maximum absolute atomic E-state index is 6.31. The normalized spacial score (nSPS) is 13.2. The molecule has 0 aliphatic rings. The van der Waals surface area contributed by atoms with Crippen molar-refractivity contribution in [2.45, 2.75) is 39.1 Å². The number of alkyl halides is 1. The largest absolute Gasteiger partial charge is 0.327 e. The molecular weight excluding hydrogens is 350 g/mol. The monoisotopic (exact) mass is 371 g/mol. The number of rotatable bonds is 7. The summed E-state index contributed by atoms with van der Waals surface area (Å²) in [6.45, 7) is 10.7. The Kier molecular flexibility index (Phi) is 6.08. The minimum Gasteiger partial charge on any atom is -0.327 e. The summed E-state index contributed by atoms with van der Waals surface area (Å²) in [6, 6.07) is 6.20. The number of benzene rings is 1. The van der Waals surface area contributed by atoms with Gasteiger partial charge in [0.05, 0.1) is 16.4 Å². The highest BCUT2D eigenvalue weighted by molar-refractivity contribution is 9.10. The molecule has 0 saturated heterocycles. The van der Waals surface area contributed by atoms with Gasteiger partial charge >= 0.3 is 0 Å². The first kappa shape index (κ1) is 16.8. The molecule has 0 amide bonds. The molecule has 5 heteroatoms. The maximum atomic E-state index is 6.31. The van der Waals surface area contributed by atoms with Gasteiger partial charge in [-0.2, -0.15) is 0 Å². The summed E-state index contributed by atoms with van der Waals surface area (Å²) in [7, 11) is 0. The molecule has 0 fully saturated rings. The van der Waals surface area contributed by atoms with Crippen molar-refractivity contribution in [3.05, 3.63) is 28.5 Å². The number of aromatic nitrogens is 2. The summed E-state index contributed by atoms with van der Waals surface area (Å²) < 4.78 is 3.34. The summed E-state index contributed by atoms with van der Waals surface area (Å²) >= 11 is 9.85. The molecule has 21 heavy (non-hydrogen) atoms. The van der Waals surface area contributed by atoms with Crippen molar-refractivity contribution in [3.8, 4) is 0 Å². The average molecular weight is 373 g/mol. The molecule has 1 unspecified atom stereocenters. The standard InChI is InChI=1S/C16H23BrClN3/c1-4-20(5-2)9-6-10-21-15-11-13(17)7-8-14(15)19-16(21)12(3)18/h7-8,11-12H,4-6,9-10H2,1-3H3. The Morgan fingerprint density at radius 1 is 1.33 bits per heavy atom. The van der Waals surface area contributed by atoms with Crippen molar-refractivity contribution in [3.63, 3.8) is 0 Å². The van der Waals surface area contributed by atoms with E-state index in [1.807, 2.05) is 19.1 Å². The number of nitrogens with zero attached hydrogens (tertiary/aromatic N) is 3. The molecule has 1 aromatic heterocycles. The van der Waals surface area contributed by atoms with Crippen LogP contribution in [0, 0.1) is 0 Å². The second kappa shape index (κ2) is 7.61. The summed E-state index contributed by atoms with van der Waals surface area (Å²) in [4.78, 5) is 7.13. The SMILES string of the molecule is CCN(CC)CCCn1c(C(C)Cl)nc2ccc(Br)cc21. The van der Waals surface area contributed by atoms with Crippen LogP contribution in [0.5, 0.6) is 0 Å². The highest BCUT2D eigenvalue weighted by atomic mass is 79.9. The highest BCUT2D eigenvalue weighted by Gasteiger charge is 2.15. The van der Waals surface area contributed by atoms with E-state index in [0.29, 0.717) is 0 Å². The van der Waals surface area contributed by atoms with Gasteiger partial charge in [-0.15, -0.1) is 11.6 Å². The molecule has 0 N–H and O–H groups in total. The summed E-state index contributed by atoms with van der Waals surface area (Å²) in [5, 5.41) is -0.0790. The molecule has 3 nitrogen and oxygen atoms in total. The lowest BCUT2D eigenvalue weighted by Gasteiger charge is -2.18. The molecule has 0 aliphatic heterocycles. The van der Waals surface area contributed by atoms with Crippen LogP contribution in [-0.4, -0.2) is 34.1 Å². The predicted molar refractivity (Wildman–Crippen MR) is 94.1 cm³/mol. The van der Waals surface area contributed by atoms with Crippen LogP contribution < -0.4 is 0 Å². The van der Waals surface area contributed by atoms with Crippen molar-refractivity contribution in [2.75, 3.05) is 19.6 Å². The third-order valence-electron chi connectivity index (χ3n) is 3.85. The molecule has 0 radical (unpaired) electrons. The zero-order valence-corrected chi connectivity index (χ0v) is 15.3. The van der Waals surface area contributed by atoms with Crippen LogP contribution in [0.3, 0.4) is 0 Å². The Morgan fingerprint density at radius 3 is 2.67 bits per heavy atom. The van der Waals surface area contributed by atoms with Gasteiger partial charge in [0.15, 0.2) is 0 Å². The number of imidazole rings is 1. The van der Waals surface area contributed by atoms with E-state index in [2.05, 4.69) is 50.3 Å². The van der Waals surface area contributed by atoms with Gasteiger partial charge in [-0.3, -0.25) is 0 Å². The summed E-state index contributed by atoms with van der Waals surface area (Å²) in [5.41, 5.74) is 2.18. The van der Waals surface area contributed by atoms with Crippen molar-refractivity contribution in [1.82, 2.24) is 14.5 Å². The molecule has 2 rings (SSSR count). The van der Waals surface area contributed by atoms with Crippen molar-refractivity contribution >= 4 is 38.6 Å². The van der Waals surface area contributed by atoms with Crippen LogP contribution in [0.1, 0.15) is 38.4 Å². The van der Waals surface area contributed by atoms with Crippen molar-refractivity contribution < 1.29 is 0 Å². The molecular formula is C16H23BrClN3. The molecule has 0 aliphatic carbocycles. The van der Waals surface area contributed by atoms with E-state index in [1.54, 1.807) is 0 Å². The summed E-state index contributed by atoms with van der Waals surface area (Å²) in [6.07, 6.45) is 1.11. The molecule has 0 spiro atoms. The van der Waals surface area contributed by atoms with E-state index >= 15 is 0 Å². The Labute approximate surface area is 140 Å². The zero-order valence-electron chi connectivity index (χ0n) is 12.9. The maximum Gasteiger partial charge on any atom is 0.127 e. The fourth-order valence-electron chi connectivity index (χ4n) is 2.65. The van der Waals surface area contributed by atoms with Gasteiger partial charge in [0.25, 0.3) is 0 Å². The second-order valence-corrected chi connectivity index (χ2v) is 6.82. The third kappa shape index (κ3) is 3.99. The minimum absolute atomic E-state index is 0.0790. The van der Waals surface area contributed by atoms with E-state index in [-0.39, 0.29) is 5.38 Å². The number of halogens is 2. The van der Waals surface area contributed by atoms with Gasteiger partial charge in [0.1, 0.15) is 5.82 Å². The number of hydrogen-bond donors (Lipinski definition) is 0. The van der Waals surface area contributed by atoms with E-state index < -0.39 is 0 Å². The molecule has 1 aromatic carbocycles. The van der Waals surface area contributed by atoms with Gasteiger partial charge < -0.3 is 9.47 Å². The van der Waals surface area contributed by atoms with Crippen molar-refractivity contribution in [1.29, 1.82) is 0 Å². The smallest absolute Gasteiger partial charge is 0.127 e. The molecule has 2 aromatic rings. The van der Waals surface area contributed by atoms with E-state index in [4.69, 9.17) is 11.6 Å². The first-order chi connectivity index (χ1) is 10.1. The van der Waals surface area contributed by atoms with Gasteiger partial charge in [-0.05, 0) is 51.2 Å². The minimum atomic E-state index is -0.0790. The van der Waals surface area contributed by atoms with E-state index in [9.17, 15) is 0 Å². The average Bonchev–Trinajstić information content (AvgIpc) is 2.82. The molecule has 1 heterocycles. The van der Waals surface area contributed by atoms with Crippen molar-refractivity contribution in [2.24, 2.45) is 0 Å². The predicted octanol–water partition coefficient (Wildman–Crippen LogP) is 4.83. The van der Waals surface area contributed by atoms with Gasteiger partial charge in [0.2, 0.25) is 0 Å². The lowest BCUT2D eigenvalue weighted by Crippen LogP contribution is -2.25. The summed E-state index contributed by atoms with van der Waals surface area (Å²) in [5.74, 6) is 0.962. The van der Waals surface area contributed by atoms with E-state index in [1.165, 1.54) is 0 Å². The molecule has 1 atom stereocenters. The van der Waals surface area contributed by atoms with Crippen LogP contribution in [0.15, 0.2) is 22.7 Å². The van der Waals surface area contributed by atoms with Crippen LogP contribution >= 0.6 is 27.5 Å². The first-order valence-electron chi connectivity index (χ1n) is 7.58. The van der Waals surface area contributed by atoms with Crippen LogP contribution in [0.2, 0.25) is 0 Å². The molecule has 0 saturated carbocycles. The van der Waals surface area contributed by atoms with Crippen LogP contribution in [-0.2, 0) is 6.54 Å². The number of aryl methyl sites for hydroxylation is 1. The fourth-order valence-corrected chi connectivity index (χ4v) is 3.16. The molecule has 116 valence electrons. The molecule has 0 bridgehead atoms. The Balaban J connectivity index is 2.23. The highest BCUT2D eigenvalue weighted by Crippen LogP contribution is 2.27. The quantitative estimate of drug-likeness (QED) is 0.649. The third-order valence-corrected chi connectivity index (χ3v) is 4.53. The topological polar surface area (TPSA) is 21.1 Å². The van der Waals surface area contributed by atoms with E-state index in [0.717, 1.165) is 53.9 Å². The zero-order chi connectivity index (χ0) is 15.4. The van der Waals surface area contributed by atoms with Gasteiger partial charge in [0, 0.05) is 11.0 Å².